The standard InChI is InChI=1S/C17H20ClNO/c1-11-5-6-14(9-12(11)2)13(3)19-15-7-8-16(18)17(10-15)20-4/h5-10,13,19H,1-4H3. The summed E-state index contributed by atoms with van der Waals surface area (Å²) in [5.41, 5.74) is 4.89. The van der Waals surface area contributed by atoms with Crippen LogP contribution in [0.1, 0.15) is 29.7 Å². The molecule has 0 heterocycles. The minimum Gasteiger partial charge on any atom is -0.495 e. The molecule has 1 unspecified atom stereocenters. The van der Waals surface area contributed by atoms with Crippen LogP contribution in [0.5, 0.6) is 5.75 Å². The van der Waals surface area contributed by atoms with Gasteiger partial charge in [-0.2, -0.15) is 0 Å². The Morgan fingerprint density at radius 1 is 1.05 bits per heavy atom. The molecule has 2 aromatic rings. The van der Waals surface area contributed by atoms with E-state index in [1.165, 1.54) is 16.7 Å². The van der Waals surface area contributed by atoms with Crippen LogP contribution in [0.4, 0.5) is 5.69 Å². The van der Waals surface area contributed by atoms with Crippen LogP contribution >= 0.6 is 11.6 Å². The fraction of sp³-hybridized carbons (Fsp3) is 0.294. The predicted molar refractivity (Wildman–Crippen MR) is 86.0 cm³/mol. The second-order valence-corrected chi connectivity index (χ2v) is 5.47. The highest BCUT2D eigenvalue weighted by atomic mass is 35.5. The van der Waals surface area contributed by atoms with E-state index in [1.54, 1.807) is 7.11 Å². The van der Waals surface area contributed by atoms with Crippen LogP contribution in [-0.2, 0) is 0 Å². The van der Waals surface area contributed by atoms with Crippen molar-refractivity contribution in [3.8, 4) is 5.75 Å². The van der Waals surface area contributed by atoms with Crippen LogP contribution in [0.3, 0.4) is 0 Å². The molecule has 1 atom stereocenters. The maximum atomic E-state index is 6.04. The fourth-order valence-electron chi connectivity index (χ4n) is 2.12. The molecule has 20 heavy (non-hydrogen) atoms. The van der Waals surface area contributed by atoms with Gasteiger partial charge in [0.2, 0.25) is 0 Å². The van der Waals surface area contributed by atoms with Crippen LogP contribution < -0.4 is 10.1 Å². The predicted octanol–water partition coefficient (Wildman–Crippen LogP) is 5.14. The van der Waals surface area contributed by atoms with E-state index in [9.17, 15) is 0 Å². The molecule has 0 fully saturated rings. The number of halogens is 1. The summed E-state index contributed by atoms with van der Waals surface area (Å²) in [6, 6.07) is 12.5. The van der Waals surface area contributed by atoms with E-state index in [0.29, 0.717) is 10.8 Å². The lowest BCUT2D eigenvalue weighted by Gasteiger charge is -2.17. The second-order valence-electron chi connectivity index (χ2n) is 5.06. The molecule has 0 aliphatic rings. The summed E-state index contributed by atoms with van der Waals surface area (Å²) in [5.74, 6) is 0.684. The van der Waals surface area contributed by atoms with Crippen LogP contribution in [-0.4, -0.2) is 7.11 Å². The van der Waals surface area contributed by atoms with Gasteiger partial charge in [-0.15, -0.1) is 0 Å². The van der Waals surface area contributed by atoms with Gasteiger partial charge in [-0.25, -0.2) is 0 Å². The van der Waals surface area contributed by atoms with Crippen LogP contribution in [0, 0.1) is 13.8 Å². The molecule has 3 heteroatoms. The number of hydrogen-bond acceptors (Lipinski definition) is 2. The van der Waals surface area contributed by atoms with E-state index >= 15 is 0 Å². The average molecular weight is 290 g/mol. The van der Waals surface area contributed by atoms with Crippen molar-refractivity contribution in [2.24, 2.45) is 0 Å². The average Bonchev–Trinajstić information content (AvgIpc) is 2.43. The van der Waals surface area contributed by atoms with Gasteiger partial charge >= 0.3 is 0 Å². The highest BCUT2D eigenvalue weighted by molar-refractivity contribution is 6.32. The first-order valence-electron chi connectivity index (χ1n) is 6.68. The highest BCUT2D eigenvalue weighted by Crippen LogP contribution is 2.29. The van der Waals surface area contributed by atoms with E-state index in [2.05, 4.69) is 44.3 Å². The smallest absolute Gasteiger partial charge is 0.139 e. The zero-order valence-corrected chi connectivity index (χ0v) is 13.1. The first-order valence-corrected chi connectivity index (χ1v) is 7.06. The molecule has 0 amide bonds. The van der Waals surface area contributed by atoms with Gasteiger partial charge in [0.05, 0.1) is 12.1 Å². The number of hydrogen-bond donors (Lipinski definition) is 1. The summed E-state index contributed by atoms with van der Waals surface area (Å²) >= 11 is 6.04. The van der Waals surface area contributed by atoms with Crippen molar-refractivity contribution in [3.05, 3.63) is 58.1 Å². The Hall–Kier alpha value is -1.67. The normalized spacial score (nSPS) is 12.1. The van der Waals surface area contributed by atoms with Crippen molar-refractivity contribution in [3.63, 3.8) is 0 Å². The number of rotatable bonds is 4. The summed E-state index contributed by atoms with van der Waals surface area (Å²) in [6.45, 7) is 6.41. The molecule has 2 aromatic carbocycles. The molecular formula is C17H20ClNO. The van der Waals surface area contributed by atoms with Crippen molar-refractivity contribution in [2.75, 3.05) is 12.4 Å². The molecule has 0 aliphatic heterocycles. The van der Waals surface area contributed by atoms with E-state index in [4.69, 9.17) is 16.3 Å². The number of anilines is 1. The molecule has 106 valence electrons. The third kappa shape index (κ3) is 3.26. The lowest BCUT2D eigenvalue weighted by molar-refractivity contribution is 0.415. The van der Waals surface area contributed by atoms with Gasteiger partial charge in [-0.1, -0.05) is 29.8 Å². The molecule has 1 N–H and O–H groups in total. The topological polar surface area (TPSA) is 21.3 Å². The molecule has 0 aliphatic carbocycles. The van der Waals surface area contributed by atoms with Gasteiger partial charge < -0.3 is 10.1 Å². The van der Waals surface area contributed by atoms with Gasteiger partial charge in [0.1, 0.15) is 5.75 Å². The summed E-state index contributed by atoms with van der Waals surface area (Å²) in [7, 11) is 1.62. The van der Waals surface area contributed by atoms with Gasteiger partial charge in [0.15, 0.2) is 0 Å². The minimum absolute atomic E-state index is 0.222. The van der Waals surface area contributed by atoms with Gasteiger partial charge in [-0.3, -0.25) is 0 Å². The molecule has 0 saturated carbocycles. The summed E-state index contributed by atoms with van der Waals surface area (Å²) in [5, 5.41) is 4.09. The third-order valence-corrected chi connectivity index (χ3v) is 3.88. The van der Waals surface area contributed by atoms with Gasteiger partial charge in [-0.05, 0) is 49.6 Å². The Balaban J connectivity index is 2.18. The molecule has 0 aromatic heterocycles. The van der Waals surface area contributed by atoms with E-state index in [0.717, 1.165) is 5.69 Å². The molecule has 2 nitrogen and oxygen atoms in total. The van der Waals surface area contributed by atoms with E-state index in [-0.39, 0.29) is 6.04 Å². The summed E-state index contributed by atoms with van der Waals surface area (Å²) in [6.07, 6.45) is 0. The Labute approximate surface area is 125 Å². The van der Waals surface area contributed by atoms with Crippen LogP contribution in [0.25, 0.3) is 0 Å². The van der Waals surface area contributed by atoms with Crippen LogP contribution in [0.2, 0.25) is 5.02 Å². The first-order chi connectivity index (χ1) is 9.51. The maximum Gasteiger partial charge on any atom is 0.139 e. The Bertz CT molecular complexity index is 610. The first kappa shape index (κ1) is 14.7. The number of benzene rings is 2. The maximum absolute atomic E-state index is 6.04. The van der Waals surface area contributed by atoms with Crippen molar-refractivity contribution >= 4 is 17.3 Å². The number of methoxy groups -OCH3 is 1. The second kappa shape index (κ2) is 6.19. The van der Waals surface area contributed by atoms with E-state index in [1.807, 2.05) is 18.2 Å². The quantitative estimate of drug-likeness (QED) is 0.841. The summed E-state index contributed by atoms with van der Waals surface area (Å²) in [4.78, 5) is 0. The van der Waals surface area contributed by atoms with Gasteiger partial charge in [0, 0.05) is 17.8 Å². The molecule has 0 radical (unpaired) electrons. The molecule has 0 spiro atoms. The lowest BCUT2D eigenvalue weighted by atomic mass is 10.0. The molecule has 0 saturated heterocycles. The fourth-order valence-corrected chi connectivity index (χ4v) is 2.31. The molecule has 2 rings (SSSR count). The highest BCUT2D eigenvalue weighted by Gasteiger charge is 2.08. The monoisotopic (exact) mass is 289 g/mol. The van der Waals surface area contributed by atoms with Crippen molar-refractivity contribution in [2.45, 2.75) is 26.8 Å². The number of nitrogens with one attached hydrogen (secondary N) is 1. The molecule has 0 bridgehead atoms. The third-order valence-electron chi connectivity index (χ3n) is 3.57. The van der Waals surface area contributed by atoms with Crippen molar-refractivity contribution in [1.82, 2.24) is 0 Å². The molecular weight excluding hydrogens is 270 g/mol. The van der Waals surface area contributed by atoms with Crippen molar-refractivity contribution < 1.29 is 4.74 Å². The largest absolute Gasteiger partial charge is 0.495 e. The SMILES string of the molecule is COc1cc(NC(C)c2ccc(C)c(C)c2)ccc1Cl. The van der Waals surface area contributed by atoms with Crippen LogP contribution in [0.15, 0.2) is 36.4 Å². The zero-order chi connectivity index (χ0) is 14.7. The summed E-state index contributed by atoms with van der Waals surface area (Å²) < 4.78 is 5.24. The van der Waals surface area contributed by atoms with Gasteiger partial charge in [0.25, 0.3) is 0 Å². The Morgan fingerprint density at radius 3 is 2.45 bits per heavy atom. The number of aryl methyl sites for hydroxylation is 2. The lowest BCUT2D eigenvalue weighted by Crippen LogP contribution is -2.07. The minimum atomic E-state index is 0.222. The van der Waals surface area contributed by atoms with E-state index < -0.39 is 0 Å². The number of ether oxygens (including phenoxy) is 1. The zero-order valence-electron chi connectivity index (χ0n) is 12.3. The Morgan fingerprint density at radius 2 is 1.80 bits per heavy atom. The van der Waals surface area contributed by atoms with Crippen molar-refractivity contribution in [1.29, 1.82) is 0 Å². The Kier molecular flexibility index (Phi) is 4.56.